The molecule has 0 fully saturated rings. The lowest BCUT2D eigenvalue weighted by Crippen LogP contribution is -1.94. The first-order chi connectivity index (χ1) is 6.27. The number of rotatable bonds is 4. The maximum absolute atomic E-state index is 9.06. The van der Waals surface area contributed by atoms with E-state index in [-0.39, 0.29) is 6.61 Å². The van der Waals surface area contributed by atoms with Crippen LogP contribution in [-0.2, 0) is 13.0 Å². The van der Waals surface area contributed by atoms with Crippen LogP contribution in [0.4, 0.5) is 0 Å². The molecule has 1 aromatic carbocycles. The zero-order valence-electron chi connectivity index (χ0n) is 7.26. The molecular formula is C10H12BrClO. The summed E-state index contributed by atoms with van der Waals surface area (Å²) in [6.45, 7) is 0.102. The first kappa shape index (κ1) is 11.0. The van der Waals surface area contributed by atoms with Crippen LogP contribution in [0.3, 0.4) is 0 Å². The summed E-state index contributed by atoms with van der Waals surface area (Å²) < 4.78 is 1.05. The summed E-state index contributed by atoms with van der Waals surface area (Å²) >= 11 is 9.02. The van der Waals surface area contributed by atoms with Gasteiger partial charge in [0, 0.05) is 10.4 Å². The summed E-state index contributed by atoms with van der Waals surface area (Å²) in [6, 6.07) is 5.92. The Morgan fingerprint density at radius 1 is 1.31 bits per heavy atom. The van der Waals surface area contributed by atoms with Crippen LogP contribution < -0.4 is 0 Å². The van der Waals surface area contributed by atoms with Crippen LogP contribution in [0, 0.1) is 0 Å². The summed E-state index contributed by atoms with van der Waals surface area (Å²) in [5.74, 6) is 0.664. The largest absolute Gasteiger partial charge is 0.392 e. The first-order valence-electron chi connectivity index (χ1n) is 4.22. The molecule has 3 heteroatoms. The van der Waals surface area contributed by atoms with E-state index in [0.717, 1.165) is 22.9 Å². The maximum atomic E-state index is 9.06. The number of aliphatic hydroxyl groups is 1. The highest BCUT2D eigenvalue weighted by Gasteiger charge is 2.01. The summed E-state index contributed by atoms with van der Waals surface area (Å²) in [5.41, 5.74) is 2.17. The molecule has 0 aliphatic carbocycles. The van der Waals surface area contributed by atoms with Crippen LogP contribution >= 0.6 is 27.5 Å². The third-order valence-electron chi connectivity index (χ3n) is 1.92. The van der Waals surface area contributed by atoms with Crippen molar-refractivity contribution in [1.29, 1.82) is 0 Å². The van der Waals surface area contributed by atoms with Crippen molar-refractivity contribution in [2.24, 2.45) is 0 Å². The lowest BCUT2D eigenvalue weighted by atomic mass is 10.0. The second kappa shape index (κ2) is 5.63. The second-order valence-corrected chi connectivity index (χ2v) is 4.16. The smallest absolute Gasteiger partial charge is 0.0684 e. The molecule has 0 saturated heterocycles. The average molecular weight is 264 g/mol. The quantitative estimate of drug-likeness (QED) is 0.828. The van der Waals surface area contributed by atoms with E-state index in [9.17, 15) is 0 Å². The van der Waals surface area contributed by atoms with E-state index < -0.39 is 0 Å². The van der Waals surface area contributed by atoms with E-state index in [1.165, 1.54) is 5.56 Å². The number of alkyl halides is 1. The van der Waals surface area contributed by atoms with Crippen LogP contribution in [0.2, 0.25) is 0 Å². The molecule has 1 N–H and O–H groups in total. The zero-order valence-corrected chi connectivity index (χ0v) is 9.61. The van der Waals surface area contributed by atoms with Crippen molar-refractivity contribution < 1.29 is 5.11 Å². The molecule has 0 radical (unpaired) electrons. The van der Waals surface area contributed by atoms with E-state index in [1.807, 2.05) is 18.2 Å². The molecule has 0 bridgehead atoms. The van der Waals surface area contributed by atoms with Crippen LogP contribution in [0.5, 0.6) is 0 Å². The lowest BCUT2D eigenvalue weighted by Gasteiger charge is -2.06. The Morgan fingerprint density at radius 2 is 2.08 bits per heavy atom. The van der Waals surface area contributed by atoms with Gasteiger partial charge in [-0.2, -0.15) is 0 Å². The summed E-state index contributed by atoms with van der Waals surface area (Å²) in [4.78, 5) is 0. The molecule has 1 aromatic rings. The summed E-state index contributed by atoms with van der Waals surface area (Å²) in [5, 5.41) is 9.06. The van der Waals surface area contributed by atoms with Gasteiger partial charge in [0.05, 0.1) is 6.61 Å². The molecule has 0 aliphatic heterocycles. The third-order valence-corrected chi connectivity index (χ3v) is 2.68. The molecule has 0 spiro atoms. The molecule has 0 unspecified atom stereocenters. The van der Waals surface area contributed by atoms with Crippen molar-refractivity contribution in [2.45, 2.75) is 19.4 Å². The maximum Gasteiger partial charge on any atom is 0.0684 e. The molecular weight excluding hydrogens is 251 g/mol. The van der Waals surface area contributed by atoms with Crippen molar-refractivity contribution in [2.75, 3.05) is 5.88 Å². The highest BCUT2D eigenvalue weighted by atomic mass is 79.9. The van der Waals surface area contributed by atoms with E-state index in [4.69, 9.17) is 16.7 Å². The van der Waals surface area contributed by atoms with E-state index >= 15 is 0 Å². The average Bonchev–Trinajstić information content (AvgIpc) is 2.15. The Hall–Kier alpha value is -0.0500. The van der Waals surface area contributed by atoms with Gasteiger partial charge in [-0.3, -0.25) is 0 Å². The molecule has 0 aliphatic rings. The monoisotopic (exact) mass is 262 g/mol. The Bertz CT molecular complexity index is 276. The predicted octanol–water partition coefficient (Wildman–Crippen LogP) is 3.11. The fourth-order valence-corrected chi connectivity index (χ4v) is 1.78. The van der Waals surface area contributed by atoms with Gasteiger partial charge in [-0.1, -0.05) is 22.0 Å². The van der Waals surface area contributed by atoms with Crippen LogP contribution in [0.25, 0.3) is 0 Å². The number of aryl methyl sites for hydroxylation is 1. The molecule has 0 amide bonds. The number of aliphatic hydroxyl groups excluding tert-OH is 1. The number of hydrogen-bond donors (Lipinski definition) is 1. The van der Waals surface area contributed by atoms with E-state index in [0.29, 0.717) is 5.88 Å². The Balaban J connectivity index is 2.81. The third kappa shape index (κ3) is 3.29. The van der Waals surface area contributed by atoms with Gasteiger partial charge >= 0.3 is 0 Å². The minimum Gasteiger partial charge on any atom is -0.392 e. The van der Waals surface area contributed by atoms with Gasteiger partial charge in [-0.15, -0.1) is 11.6 Å². The molecule has 0 heterocycles. The van der Waals surface area contributed by atoms with Crippen LogP contribution in [0.15, 0.2) is 22.7 Å². The summed E-state index contributed by atoms with van der Waals surface area (Å²) in [7, 11) is 0. The first-order valence-corrected chi connectivity index (χ1v) is 5.55. The van der Waals surface area contributed by atoms with Crippen LogP contribution in [-0.4, -0.2) is 11.0 Å². The van der Waals surface area contributed by atoms with Gasteiger partial charge in [-0.05, 0) is 36.1 Å². The van der Waals surface area contributed by atoms with Crippen LogP contribution in [0.1, 0.15) is 17.5 Å². The molecule has 1 rings (SSSR count). The molecule has 0 atom stereocenters. The second-order valence-electron chi connectivity index (χ2n) is 2.86. The van der Waals surface area contributed by atoms with Gasteiger partial charge in [-0.25, -0.2) is 0 Å². The molecule has 13 heavy (non-hydrogen) atoms. The van der Waals surface area contributed by atoms with Gasteiger partial charge in [0.15, 0.2) is 0 Å². The van der Waals surface area contributed by atoms with E-state index in [1.54, 1.807) is 0 Å². The standard InChI is InChI=1S/C10H12BrClO/c11-10-4-3-9(7-13)8(6-10)2-1-5-12/h3-4,6,13H,1-2,5,7H2. The lowest BCUT2D eigenvalue weighted by molar-refractivity contribution is 0.280. The number of benzene rings is 1. The minimum atomic E-state index is 0.102. The topological polar surface area (TPSA) is 20.2 Å². The SMILES string of the molecule is OCc1ccc(Br)cc1CCCCl. The fraction of sp³-hybridized carbons (Fsp3) is 0.400. The van der Waals surface area contributed by atoms with E-state index in [2.05, 4.69) is 15.9 Å². The summed E-state index contributed by atoms with van der Waals surface area (Å²) in [6.07, 6.45) is 1.88. The molecule has 1 nitrogen and oxygen atoms in total. The van der Waals surface area contributed by atoms with Gasteiger partial charge in [0.2, 0.25) is 0 Å². The predicted molar refractivity (Wildman–Crippen MR) is 59.1 cm³/mol. The Morgan fingerprint density at radius 3 is 2.69 bits per heavy atom. The van der Waals surface area contributed by atoms with Gasteiger partial charge in [0.25, 0.3) is 0 Å². The van der Waals surface area contributed by atoms with Crippen molar-refractivity contribution in [3.8, 4) is 0 Å². The van der Waals surface area contributed by atoms with Gasteiger partial charge in [0.1, 0.15) is 0 Å². The number of hydrogen-bond acceptors (Lipinski definition) is 1. The van der Waals surface area contributed by atoms with Crippen molar-refractivity contribution in [3.63, 3.8) is 0 Å². The van der Waals surface area contributed by atoms with Gasteiger partial charge < -0.3 is 5.11 Å². The number of halogens is 2. The normalized spacial score (nSPS) is 10.4. The van der Waals surface area contributed by atoms with Crippen molar-refractivity contribution in [1.82, 2.24) is 0 Å². The highest BCUT2D eigenvalue weighted by Crippen LogP contribution is 2.18. The Kier molecular flexibility index (Phi) is 4.78. The Labute approximate surface area is 91.9 Å². The molecule has 0 saturated carbocycles. The molecule has 72 valence electrons. The molecule has 0 aromatic heterocycles. The highest BCUT2D eigenvalue weighted by molar-refractivity contribution is 9.10. The van der Waals surface area contributed by atoms with Crippen molar-refractivity contribution in [3.05, 3.63) is 33.8 Å². The van der Waals surface area contributed by atoms with Crippen molar-refractivity contribution >= 4 is 27.5 Å². The fourth-order valence-electron chi connectivity index (χ4n) is 1.24. The minimum absolute atomic E-state index is 0.102. The zero-order chi connectivity index (χ0) is 9.68.